The van der Waals surface area contributed by atoms with Gasteiger partial charge in [0.2, 0.25) is 0 Å². The van der Waals surface area contributed by atoms with Crippen molar-refractivity contribution >= 4 is 24.1 Å². The van der Waals surface area contributed by atoms with Crippen LogP contribution in [0.3, 0.4) is 0 Å². The van der Waals surface area contributed by atoms with Crippen molar-refractivity contribution in [1.29, 1.82) is 0 Å². The molecule has 0 fully saturated rings. The number of rotatable bonds is 7. The van der Waals surface area contributed by atoms with Crippen molar-refractivity contribution in [3.8, 4) is 5.75 Å². The number of halogens is 1. The van der Waals surface area contributed by atoms with Crippen molar-refractivity contribution in [2.24, 2.45) is 0 Å². The monoisotopic (exact) mass is 303 g/mol. The third-order valence-corrected chi connectivity index (χ3v) is 4.04. The molecule has 0 saturated heterocycles. The van der Waals surface area contributed by atoms with Crippen LogP contribution in [0.4, 0.5) is 0 Å². The minimum Gasteiger partial charge on any atom is -0.480 e. The highest BCUT2D eigenvalue weighted by Gasteiger charge is 2.39. The molecular formula is C12H15ClNO4P. The van der Waals surface area contributed by atoms with Crippen LogP contribution >= 0.6 is 18.1 Å². The summed E-state index contributed by atoms with van der Waals surface area (Å²) in [6.07, 6.45) is 1.46. The standard InChI is InChI=1S/C12H15ClNO4P/c1-3-9-12(2,11(15)16)14-19(13,17)18-10-7-5-4-6-8-10/h3-8H,1,9H2,2H3,(H,14,17)(H,15,16)/t12-,19?/m0/s1. The van der Waals surface area contributed by atoms with E-state index in [4.69, 9.17) is 20.9 Å². The van der Waals surface area contributed by atoms with Crippen molar-refractivity contribution in [2.75, 3.05) is 0 Å². The van der Waals surface area contributed by atoms with Gasteiger partial charge in [-0.3, -0.25) is 4.79 Å². The summed E-state index contributed by atoms with van der Waals surface area (Å²) in [7, 11) is 0. The number of carboxylic acid groups (broad SMARTS) is 1. The zero-order valence-electron chi connectivity index (χ0n) is 10.4. The number of benzene rings is 1. The van der Waals surface area contributed by atoms with Crippen molar-refractivity contribution in [2.45, 2.75) is 18.9 Å². The van der Waals surface area contributed by atoms with Gasteiger partial charge in [-0.2, -0.15) is 0 Å². The summed E-state index contributed by atoms with van der Waals surface area (Å²) in [5, 5.41) is 11.5. The average Bonchev–Trinajstić information content (AvgIpc) is 2.28. The van der Waals surface area contributed by atoms with E-state index in [0.717, 1.165) is 0 Å². The van der Waals surface area contributed by atoms with Crippen LogP contribution in [0, 0.1) is 0 Å². The lowest BCUT2D eigenvalue weighted by Gasteiger charge is -2.27. The minimum absolute atomic E-state index is 0.0528. The van der Waals surface area contributed by atoms with Gasteiger partial charge in [-0.05, 0) is 25.5 Å². The van der Waals surface area contributed by atoms with Crippen LogP contribution in [-0.2, 0) is 9.36 Å². The van der Waals surface area contributed by atoms with Crippen LogP contribution in [0.25, 0.3) is 0 Å². The molecule has 0 aliphatic carbocycles. The summed E-state index contributed by atoms with van der Waals surface area (Å²) in [5.74, 6) is -0.899. The van der Waals surface area contributed by atoms with Crippen molar-refractivity contribution in [3.05, 3.63) is 43.0 Å². The van der Waals surface area contributed by atoms with Gasteiger partial charge in [0.15, 0.2) is 0 Å². The van der Waals surface area contributed by atoms with Gasteiger partial charge in [-0.1, -0.05) is 24.3 Å². The molecule has 0 bridgehead atoms. The summed E-state index contributed by atoms with van der Waals surface area (Å²) >= 11 is 5.76. The predicted octanol–water partition coefficient (Wildman–Crippen LogP) is 3.42. The largest absolute Gasteiger partial charge is 0.480 e. The Bertz CT molecular complexity index is 508. The fourth-order valence-electron chi connectivity index (χ4n) is 1.40. The van der Waals surface area contributed by atoms with Gasteiger partial charge >= 0.3 is 12.8 Å². The molecule has 19 heavy (non-hydrogen) atoms. The Balaban J connectivity index is 2.86. The average molecular weight is 304 g/mol. The number of hydrogen-bond acceptors (Lipinski definition) is 3. The zero-order chi connectivity index (χ0) is 14.5. The summed E-state index contributed by atoms with van der Waals surface area (Å²) in [6.45, 7) is 1.00. The van der Waals surface area contributed by atoms with E-state index in [1.54, 1.807) is 30.3 Å². The number of nitrogens with one attached hydrogen (secondary N) is 1. The van der Waals surface area contributed by atoms with Crippen molar-refractivity contribution in [1.82, 2.24) is 5.09 Å². The van der Waals surface area contributed by atoms with E-state index in [1.807, 2.05) is 0 Å². The summed E-state index contributed by atoms with van der Waals surface area (Å²) in [5.41, 5.74) is -1.51. The zero-order valence-corrected chi connectivity index (χ0v) is 12.0. The molecule has 1 aromatic carbocycles. The fourth-order valence-corrected chi connectivity index (χ4v) is 3.42. The first-order chi connectivity index (χ1) is 8.79. The molecular weight excluding hydrogens is 289 g/mol. The van der Waals surface area contributed by atoms with Gasteiger partial charge < -0.3 is 9.63 Å². The molecule has 0 amide bonds. The summed E-state index contributed by atoms with van der Waals surface area (Å²) < 4.78 is 17.2. The maximum Gasteiger partial charge on any atom is 0.410 e. The molecule has 2 N–H and O–H groups in total. The Morgan fingerprint density at radius 1 is 1.58 bits per heavy atom. The number of carboxylic acids is 1. The molecule has 104 valence electrons. The second-order valence-electron chi connectivity index (χ2n) is 4.13. The van der Waals surface area contributed by atoms with E-state index < -0.39 is 18.4 Å². The van der Waals surface area contributed by atoms with Gasteiger partial charge in [-0.15, -0.1) is 6.58 Å². The second kappa shape index (κ2) is 6.24. The SMILES string of the molecule is C=CC[C@](C)(NP(=O)(Cl)Oc1ccccc1)C(=O)O. The van der Waals surface area contributed by atoms with Gasteiger partial charge in [-0.25, -0.2) is 9.65 Å². The lowest BCUT2D eigenvalue weighted by molar-refractivity contribution is -0.143. The van der Waals surface area contributed by atoms with E-state index in [1.165, 1.54) is 13.0 Å². The molecule has 2 atom stereocenters. The topological polar surface area (TPSA) is 75.6 Å². The highest BCUT2D eigenvalue weighted by atomic mass is 35.7. The maximum absolute atomic E-state index is 12.1. The van der Waals surface area contributed by atoms with Crippen molar-refractivity contribution < 1.29 is 19.0 Å². The van der Waals surface area contributed by atoms with E-state index >= 15 is 0 Å². The molecule has 0 saturated carbocycles. The van der Waals surface area contributed by atoms with E-state index in [9.17, 15) is 9.36 Å². The summed E-state index contributed by atoms with van der Waals surface area (Å²) in [6, 6.07) is 8.28. The van der Waals surface area contributed by atoms with E-state index in [2.05, 4.69) is 11.7 Å². The van der Waals surface area contributed by atoms with Crippen LogP contribution in [0.15, 0.2) is 43.0 Å². The first kappa shape index (κ1) is 15.8. The third-order valence-electron chi connectivity index (χ3n) is 2.37. The van der Waals surface area contributed by atoms with Gasteiger partial charge in [0.05, 0.1) is 0 Å². The molecule has 1 unspecified atom stereocenters. The Morgan fingerprint density at radius 2 is 2.16 bits per heavy atom. The van der Waals surface area contributed by atoms with Crippen LogP contribution in [-0.4, -0.2) is 16.6 Å². The number of para-hydroxylation sites is 1. The number of aliphatic carboxylic acids is 1. The van der Waals surface area contributed by atoms with Crippen LogP contribution in [0.5, 0.6) is 5.75 Å². The normalized spacial score (nSPS) is 16.9. The second-order valence-corrected chi connectivity index (χ2v) is 6.83. The molecule has 7 heteroatoms. The maximum atomic E-state index is 12.1. The Labute approximate surface area is 116 Å². The highest BCUT2D eigenvalue weighted by molar-refractivity contribution is 7.84. The minimum atomic E-state index is -3.83. The lowest BCUT2D eigenvalue weighted by atomic mass is 10.0. The molecule has 0 aliphatic heterocycles. The molecule has 0 spiro atoms. The predicted molar refractivity (Wildman–Crippen MR) is 74.5 cm³/mol. The van der Waals surface area contributed by atoms with Crippen LogP contribution in [0.2, 0.25) is 0 Å². The Hall–Kier alpha value is -1.29. The Morgan fingerprint density at radius 3 is 2.63 bits per heavy atom. The van der Waals surface area contributed by atoms with E-state index in [-0.39, 0.29) is 6.42 Å². The first-order valence-electron chi connectivity index (χ1n) is 5.47. The highest BCUT2D eigenvalue weighted by Crippen LogP contribution is 2.50. The van der Waals surface area contributed by atoms with Crippen molar-refractivity contribution in [3.63, 3.8) is 0 Å². The van der Waals surface area contributed by atoms with Gasteiger partial charge in [0.1, 0.15) is 11.3 Å². The van der Waals surface area contributed by atoms with Gasteiger partial charge in [0, 0.05) is 11.2 Å². The Kier molecular flexibility index (Phi) is 5.18. The molecule has 5 nitrogen and oxygen atoms in total. The molecule has 0 radical (unpaired) electrons. The molecule has 0 aliphatic rings. The first-order valence-corrected chi connectivity index (χ1v) is 8.00. The molecule has 0 aromatic heterocycles. The number of hydrogen-bond donors (Lipinski definition) is 2. The smallest absolute Gasteiger partial charge is 0.410 e. The molecule has 0 heterocycles. The molecule has 1 rings (SSSR count). The quantitative estimate of drug-likeness (QED) is 0.596. The van der Waals surface area contributed by atoms with Crippen LogP contribution < -0.4 is 9.61 Å². The van der Waals surface area contributed by atoms with Crippen LogP contribution in [0.1, 0.15) is 13.3 Å². The van der Waals surface area contributed by atoms with E-state index in [0.29, 0.717) is 5.75 Å². The fraction of sp³-hybridized carbons (Fsp3) is 0.250. The number of carbonyl (C=O) groups is 1. The third kappa shape index (κ3) is 4.71. The molecule has 1 aromatic rings. The summed E-state index contributed by atoms with van der Waals surface area (Å²) in [4.78, 5) is 11.2. The lowest BCUT2D eigenvalue weighted by Crippen LogP contribution is -2.47. The van der Waals surface area contributed by atoms with Gasteiger partial charge in [0.25, 0.3) is 0 Å².